The van der Waals surface area contributed by atoms with Crippen LogP contribution in [0.3, 0.4) is 0 Å². The first-order valence-corrected chi connectivity index (χ1v) is 9.23. The van der Waals surface area contributed by atoms with Crippen LogP contribution in [-0.2, 0) is 19.1 Å². The summed E-state index contributed by atoms with van der Waals surface area (Å²) in [5.74, 6) is -0.941. The van der Waals surface area contributed by atoms with Gasteiger partial charge in [-0.25, -0.2) is 0 Å². The number of hydrogen-bond donors (Lipinski definition) is 0. The van der Waals surface area contributed by atoms with E-state index in [2.05, 4.69) is 38.1 Å². The molecule has 0 aromatic heterocycles. The third-order valence-electron chi connectivity index (χ3n) is 6.16. The van der Waals surface area contributed by atoms with Gasteiger partial charge in [-0.3, -0.25) is 9.59 Å². The third kappa shape index (κ3) is 2.33. The molecule has 5 unspecified atom stereocenters. The van der Waals surface area contributed by atoms with Crippen LogP contribution in [0.25, 0.3) is 0 Å². The molecule has 0 aliphatic carbocycles. The van der Waals surface area contributed by atoms with Crippen molar-refractivity contribution in [2.45, 2.75) is 44.4 Å². The van der Waals surface area contributed by atoms with Gasteiger partial charge < -0.3 is 14.4 Å². The van der Waals surface area contributed by atoms with Gasteiger partial charge in [0.1, 0.15) is 11.5 Å². The number of nitrogens with zero attached hydrogens (tertiary/aromatic N) is 1. The fourth-order valence-electron chi connectivity index (χ4n) is 4.60. The average Bonchev–Trinajstić information content (AvgIpc) is 3.29. The van der Waals surface area contributed by atoms with Gasteiger partial charge in [0, 0.05) is 0 Å². The minimum absolute atomic E-state index is 0.0207. The smallest absolute Gasteiger partial charge is 0.312 e. The van der Waals surface area contributed by atoms with Crippen molar-refractivity contribution >= 4 is 11.9 Å². The molecule has 0 N–H and O–H groups in total. The molecule has 3 aliphatic heterocycles. The largest absolute Gasteiger partial charge is 0.469 e. The van der Waals surface area contributed by atoms with E-state index in [4.69, 9.17) is 9.47 Å². The number of hydrogen-bond acceptors (Lipinski definition) is 4. The van der Waals surface area contributed by atoms with Gasteiger partial charge in [-0.2, -0.15) is 0 Å². The Bertz CT molecular complexity index is 769. The molecule has 3 aliphatic rings. The SMILES string of the molecule is COC(=O)C1C2C=CC3(CN(C(C)c4ccc(C(C)C)cc4)C(=O)C13)O2. The lowest BCUT2D eigenvalue weighted by molar-refractivity contribution is -0.151. The Labute approximate surface area is 154 Å². The molecule has 1 amide bonds. The number of likely N-dealkylation sites (tertiary alicyclic amines) is 1. The minimum Gasteiger partial charge on any atom is -0.469 e. The van der Waals surface area contributed by atoms with Gasteiger partial charge >= 0.3 is 5.97 Å². The monoisotopic (exact) mass is 355 g/mol. The topological polar surface area (TPSA) is 55.8 Å². The molecule has 3 heterocycles. The van der Waals surface area contributed by atoms with Crippen LogP contribution in [0, 0.1) is 11.8 Å². The van der Waals surface area contributed by atoms with Crippen LogP contribution in [0.15, 0.2) is 36.4 Å². The molecule has 1 spiro atoms. The Hall–Kier alpha value is -2.14. The summed E-state index contributed by atoms with van der Waals surface area (Å²) < 4.78 is 11.0. The molecular formula is C21H25NO4. The fourth-order valence-corrected chi connectivity index (χ4v) is 4.60. The molecular weight excluding hydrogens is 330 g/mol. The summed E-state index contributed by atoms with van der Waals surface area (Å²) in [4.78, 5) is 27.3. The van der Waals surface area contributed by atoms with Gasteiger partial charge in [-0.15, -0.1) is 0 Å². The molecule has 5 nitrogen and oxygen atoms in total. The highest BCUT2D eigenvalue weighted by Crippen LogP contribution is 2.53. The minimum atomic E-state index is -0.688. The number of carbonyl (C=O) groups excluding carboxylic acids is 2. The number of benzene rings is 1. The number of carbonyl (C=O) groups is 2. The molecule has 2 fully saturated rings. The molecule has 5 atom stereocenters. The number of ether oxygens (including phenoxy) is 2. The van der Waals surface area contributed by atoms with Gasteiger partial charge in [-0.1, -0.05) is 50.3 Å². The van der Waals surface area contributed by atoms with Crippen molar-refractivity contribution in [2.24, 2.45) is 11.8 Å². The second-order valence-corrected chi connectivity index (χ2v) is 7.89. The Kier molecular flexibility index (Phi) is 3.95. The Morgan fingerprint density at radius 2 is 1.88 bits per heavy atom. The first kappa shape index (κ1) is 17.3. The van der Waals surface area contributed by atoms with Gasteiger partial charge in [0.15, 0.2) is 0 Å². The maximum atomic E-state index is 13.2. The van der Waals surface area contributed by atoms with Gasteiger partial charge in [0.25, 0.3) is 0 Å². The number of amides is 1. The lowest BCUT2D eigenvalue weighted by Gasteiger charge is -2.28. The zero-order valence-corrected chi connectivity index (χ0v) is 15.6. The second-order valence-electron chi connectivity index (χ2n) is 7.89. The molecule has 2 saturated heterocycles. The fraction of sp³-hybridized carbons (Fsp3) is 0.524. The van der Waals surface area contributed by atoms with Crippen LogP contribution in [0.2, 0.25) is 0 Å². The van der Waals surface area contributed by atoms with E-state index in [1.807, 2.05) is 24.0 Å². The van der Waals surface area contributed by atoms with Crippen molar-refractivity contribution in [1.29, 1.82) is 0 Å². The summed E-state index contributed by atoms with van der Waals surface area (Å²) in [6.45, 7) is 6.83. The zero-order valence-electron chi connectivity index (χ0n) is 15.6. The standard InChI is InChI=1S/C21H25NO4/c1-12(2)14-5-7-15(8-6-14)13(3)22-11-21-10-9-16(26-21)17(20(24)25-4)18(21)19(22)23/h5-10,12-13,16-18H,11H2,1-4H3. The zero-order chi connectivity index (χ0) is 18.6. The van der Waals surface area contributed by atoms with E-state index in [9.17, 15) is 9.59 Å². The van der Waals surface area contributed by atoms with E-state index in [0.717, 1.165) is 5.56 Å². The number of methoxy groups -OCH3 is 1. The van der Waals surface area contributed by atoms with E-state index < -0.39 is 17.4 Å². The molecule has 2 bridgehead atoms. The Morgan fingerprint density at radius 1 is 1.23 bits per heavy atom. The number of esters is 1. The van der Waals surface area contributed by atoms with Crippen LogP contribution in [0.4, 0.5) is 0 Å². The number of fused-ring (bicyclic) bond motifs is 1. The lowest BCUT2D eigenvalue weighted by Crippen LogP contribution is -2.39. The summed E-state index contributed by atoms with van der Waals surface area (Å²) >= 11 is 0. The van der Waals surface area contributed by atoms with E-state index in [0.29, 0.717) is 12.5 Å². The highest BCUT2D eigenvalue weighted by Gasteiger charge is 2.67. The van der Waals surface area contributed by atoms with Crippen LogP contribution in [0.1, 0.15) is 43.9 Å². The van der Waals surface area contributed by atoms with Crippen molar-refractivity contribution in [3.05, 3.63) is 47.5 Å². The molecule has 4 rings (SSSR count). The van der Waals surface area contributed by atoms with Crippen molar-refractivity contribution in [1.82, 2.24) is 4.90 Å². The van der Waals surface area contributed by atoms with Crippen molar-refractivity contribution < 1.29 is 19.1 Å². The maximum absolute atomic E-state index is 13.2. The summed E-state index contributed by atoms with van der Waals surface area (Å²) in [6.07, 6.45) is 3.52. The molecule has 1 aromatic rings. The van der Waals surface area contributed by atoms with Crippen molar-refractivity contribution in [3.8, 4) is 0 Å². The summed E-state index contributed by atoms with van der Waals surface area (Å²) in [5, 5.41) is 0. The quantitative estimate of drug-likeness (QED) is 0.616. The lowest BCUT2D eigenvalue weighted by atomic mass is 9.77. The first-order chi connectivity index (χ1) is 12.4. The predicted octanol–water partition coefficient (Wildman–Crippen LogP) is 2.83. The number of rotatable bonds is 4. The van der Waals surface area contributed by atoms with Crippen LogP contribution < -0.4 is 0 Å². The van der Waals surface area contributed by atoms with E-state index >= 15 is 0 Å². The Morgan fingerprint density at radius 3 is 2.50 bits per heavy atom. The third-order valence-corrected chi connectivity index (χ3v) is 6.16. The molecule has 26 heavy (non-hydrogen) atoms. The van der Waals surface area contributed by atoms with E-state index in [1.165, 1.54) is 12.7 Å². The van der Waals surface area contributed by atoms with Gasteiger partial charge in [0.2, 0.25) is 5.91 Å². The molecule has 138 valence electrons. The highest BCUT2D eigenvalue weighted by atomic mass is 16.5. The van der Waals surface area contributed by atoms with Gasteiger partial charge in [0.05, 0.1) is 31.7 Å². The molecule has 1 aromatic carbocycles. The van der Waals surface area contributed by atoms with Crippen LogP contribution >= 0.6 is 0 Å². The van der Waals surface area contributed by atoms with E-state index in [1.54, 1.807) is 0 Å². The van der Waals surface area contributed by atoms with Crippen molar-refractivity contribution in [3.63, 3.8) is 0 Å². The molecule has 5 heteroatoms. The highest BCUT2D eigenvalue weighted by molar-refractivity contribution is 5.91. The molecule has 0 saturated carbocycles. The summed E-state index contributed by atoms with van der Waals surface area (Å²) in [6, 6.07) is 8.35. The summed E-state index contributed by atoms with van der Waals surface area (Å²) in [7, 11) is 1.36. The Balaban J connectivity index is 1.61. The second kappa shape index (κ2) is 5.95. The van der Waals surface area contributed by atoms with E-state index in [-0.39, 0.29) is 24.0 Å². The maximum Gasteiger partial charge on any atom is 0.312 e. The van der Waals surface area contributed by atoms with Crippen LogP contribution in [-0.4, -0.2) is 42.1 Å². The summed E-state index contributed by atoms with van der Waals surface area (Å²) in [5.41, 5.74) is 1.68. The average molecular weight is 355 g/mol. The normalized spacial score (nSPS) is 33.0. The van der Waals surface area contributed by atoms with Crippen LogP contribution in [0.5, 0.6) is 0 Å². The predicted molar refractivity (Wildman–Crippen MR) is 96.4 cm³/mol. The molecule has 0 radical (unpaired) electrons. The first-order valence-electron chi connectivity index (χ1n) is 9.23. The van der Waals surface area contributed by atoms with Crippen molar-refractivity contribution in [2.75, 3.05) is 13.7 Å². The van der Waals surface area contributed by atoms with Gasteiger partial charge in [-0.05, 0) is 24.0 Å².